The molecule has 3 nitrogen and oxygen atoms in total. The molecule has 0 bridgehead atoms. The fourth-order valence-electron chi connectivity index (χ4n) is 3.07. The lowest BCUT2D eigenvalue weighted by Crippen LogP contribution is -2.35. The third kappa shape index (κ3) is 2.63. The molecule has 4 heteroatoms. The van der Waals surface area contributed by atoms with Crippen LogP contribution in [0.2, 0.25) is 0 Å². The Bertz CT molecular complexity index is 1090. The van der Waals surface area contributed by atoms with E-state index in [1.54, 1.807) is 6.07 Å². The van der Waals surface area contributed by atoms with Gasteiger partial charge in [-0.1, -0.05) is 78.9 Å². The number of hydrogen-bond acceptors (Lipinski definition) is 2. The summed E-state index contributed by atoms with van der Waals surface area (Å²) in [5.41, 5.74) is 0.429. The predicted molar refractivity (Wildman–Crippen MR) is 104 cm³/mol. The van der Waals surface area contributed by atoms with Crippen molar-refractivity contribution in [2.45, 2.75) is 0 Å². The van der Waals surface area contributed by atoms with Crippen LogP contribution in [0.15, 0.2) is 95.8 Å². The molecule has 1 N–H and O–H groups in total. The zero-order valence-corrected chi connectivity index (χ0v) is 14.3. The van der Waals surface area contributed by atoms with E-state index in [-0.39, 0.29) is 5.56 Å². The minimum absolute atomic E-state index is 0.309. The number of fused-ring (bicyclic) bond motifs is 1. The first-order valence-corrected chi connectivity index (χ1v) is 9.74. The molecule has 0 atom stereocenters. The SMILES string of the molecule is O=c1[nH]c2ccccc2cc1P(=O)(c1ccccc1)c1ccccc1. The maximum Gasteiger partial charge on any atom is 0.259 e. The van der Waals surface area contributed by atoms with Crippen LogP contribution in [0.1, 0.15) is 0 Å². The molecule has 1 heterocycles. The summed E-state index contributed by atoms with van der Waals surface area (Å²) >= 11 is 0. The van der Waals surface area contributed by atoms with Crippen LogP contribution in [-0.2, 0) is 4.57 Å². The number of para-hydroxylation sites is 1. The van der Waals surface area contributed by atoms with E-state index in [4.69, 9.17) is 0 Å². The Hall–Kier alpha value is -2.90. The molecule has 1 aromatic heterocycles. The minimum Gasteiger partial charge on any atom is -0.321 e. The Morgan fingerprint density at radius 1 is 0.680 bits per heavy atom. The predicted octanol–water partition coefficient (Wildman–Crippen LogP) is 3.17. The van der Waals surface area contributed by atoms with Gasteiger partial charge in [-0.05, 0) is 17.5 Å². The van der Waals surface area contributed by atoms with Crippen LogP contribution in [0.4, 0.5) is 0 Å². The zero-order chi connectivity index (χ0) is 17.3. The summed E-state index contributed by atoms with van der Waals surface area (Å²) < 4.78 is 14.3. The fourth-order valence-corrected chi connectivity index (χ4v) is 5.77. The van der Waals surface area contributed by atoms with Gasteiger partial charge in [0.05, 0.1) is 5.30 Å². The van der Waals surface area contributed by atoms with Crippen molar-refractivity contribution in [2.24, 2.45) is 0 Å². The first kappa shape index (κ1) is 15.6. The maximum absolute atomic E-state index is 14.3. The Kier molecular flexibility index (Phi) is 3.87. The highest BCUT2D eigenvalue weighted by molar-refractivity contribution is 7.85. The second-order valence-electron chi connectivity index (χ2n) is 5.85. The van der Waals surface area contributed by atoms with Gasteiger partial charge in [0.1, 0.15) is 0 Å². The standard InChI is InChI=1S/C21H16NO2P/c23-21-20(15-16-9-7-8-14-19(16)22-21)25(24,17-10-3-1-4-11-17)18-12-5-2-6-13-18/h1-15H,(H,22,23). The van der Waals surface area contributed by atoms with E-state index in [2.05, 4.69) is 4.98 Å². The molecule has 4 rings (SSSR count). The quantitative estimate of drug-likeness (QED) is 0.580. The number of pyridine rings is 1. The van der Waals surface area contributed by atoms with Gasteiger partial charge in [-0.3, -0.25) is 4.79 Å². The van der Waals surface area contributed by atoms with Crippen molar-refractivity contribution >= 4 is 34.0 Å². The molecule has 0 radical (unpaired) electrons. The molecule has 0 aliphatic carbocycles. The van der Waals surface area contributed by atoms with Gasteiger partial charge in [0.15, 0.2) is 7.14 Å². The largest absolute Gasteiger partial charge is 0.321 e. The van der Waals surface area contributed by atoms with E-state index in [1.165, 1.54) is 0 Å². The number of rotatable bonds is 3. The topological polar surface area (TPSA) is 49.9 Å². The molecule has 0 aliphatic rings. The van der Waals surface area contributed by atoms with Crippen molar-refractivity contribution < 1.29 is 4.57 Å². The Morgan fingerprint density at radius 3 is 1.80 bits per heavy atom. The molecule has 0 amide bonds. The van der Waals surface area contributed by atoms with Gasteiger partial charge in [-0.2, -0.15) is 0 Å². The Labute approximate surface area is 145 Å². The van der Waals surface area contributed by atoms with Gasteiger partial charge < -0.3 is 9.55 Å². The van der Waals surface area contributed by atoms with Crippen molar-refractivity contribution in [2.75, 3.05) is 0 Å². The van der Waals surface area contributed by atoms with Gasteiger partial charge in [0.25, 0.3) is 5.56 Å². The van der Waals surface area contributed by atoms with Crippen molar-refractivity contribution in [3.8, 4) is 0 Å². The maximum atomic E-state index is 14.3. The lowest BCUT2D eigenvalue weighted by molar-refractivity contribution is 0.592. The number of benzene rings is 3. The number of aromatic amines is 1. The molecule has 4 aromatic rings. The molecule has 25 heavy (non-hydrogen) atoms. The second kappa shape index (κ2) is 6.19. The molecule has 0 unspecified atom stereocenters. The Balaban J connectivity index is 2.08. The molecule has 122 valence electrons. The van der Waals surface area contributed by atoms with E-state index >= 15 is 0 Å². The number of nitrogens with one attached hydrogen (secondary N) is 1. The molecular weight excluding hydrogens is 329 g/mol. The van der Waals surface area contributed by atoms with Gasteiger partial charge >= 0.3 is 0 Å². The average Bonchev–Trinajstić information content (AvgIpc) is 2.68. The third-order valence-corrected chi connectivity index (χ3v) is 7.37. The molecule has 0 aliphatic heterocycles. The lowest BCUT2D eigenvalue weighted by atomic mass is 10.2. The first-order valence-electron chi connectivity index (χ1n) is 8.03. The molecule has 0 saturated heterocycles. The smallest absolute Gasteiger partial charge is 0.259 e. The normalized spacial score (nSPS) is 11.5. The first-order chi connectivity index (χ1) is 12.2. The molecule has 3 aromatic carbocycles. The molecule has 0 fully saturated rings. The summed E-state index contributed by atoms with van der Waals surface area (Å²) in [7, 11) is -3.26. The van der Waals surface area contributed by atoms with E-state index < -0.39 is 7.14 Å². The summed E-state index contributed by atoms with van der Waals surface area (Å²) in [6.07, 6.45) is 0. The summed E-state index contributed by atoms with van der Waals surface area (Å²) in [6, 6.07) is 27.7. The fraction of sp³-hybridized carbons (Fsp3) is 0. The monoisotopic (exact) mass is 345 g/mol. The van der Waals surface area contributed by atoms with Crippen LogP contribution in [0.5, 0.6) is 0 Å². The van der Waals surface area contributed by atoms with Crippen LogP contribution in [0, 0.1) is 0 Å². The van der Waals surface area contributed by atoms with Crippen LogP contribution in [0.25, 0.3) is 10.9 Å². The summed E-state index contributed by atoms with van der Waals surface area (Å²) in [5.74, 6) is 0. The van der Waals surface area contributed by atoms with Gasteiger partial charge in [0.2, 0.25) is 0 Å². The molecule has 0 spiro atoms. The van der Waals surface area contributed by atoms with Crippen molar-refractivity contribution in [1.82, 2.24) is 4.98 Å². The minimum atomic E-state index is -3.26. The number of H-pyrrole nitrogens is 1. The van der Waals surface area contributed by atoms with Gasteiger partial charge in [-0.25, -0.2) is 0 Å². The van der Waals surface area contributed by atoms with Crippen molar-refractivity contribution in [1.29, 1.82) is 0 Å². The summed E-state index contributed by atoms with van der Waals surface area (Å²) in [5, 5.41) is 2.48. The van der Waals surface area contributed by atoms with Crippen LogP contribution in [0.3, 0.4) is 0 Å². The van der Waals surface area contributed by atoms with Crippen molar-refractivity contribution in [3.63, 3.8) is 0 Å². The third-order valence-electron chi connectivity index (χ3n) is 4.31. The van der Waals surface area contributed by atoms with Gasteiger partial charge in [0, 0.05) is 16.1 Å². The van der Waals surface area contributed by atoms with E-state index in [1.807, 2.05) is 84.9 Å². The second-order valence-corrected chi connectivity index (χ2v) is 8.58. The number of aromatic nitrogens is 1. The van der Waals surface area contributed by atoms with Crippen molar-refractivity contribution in [3.05, 3.63) is 101 Å². The van der Waals surface area contributed by atoms with Crippen LogP contribution >= 0.6 is 7.14 Å². The average molecular weight is 345 g/mol. The number of hydrogen-bond donors (Lipinski definition) is 1. The summed E-state index contributed by atoms with van der Waals surface area (Å²) in [6.45, 7) is 0. The summed E-state index contributed by atoms with van der Waals surface area (Å²) in [4.78, 5) is 15.7. The molecule has 0 saturated carbocycles. The van der Waals surface area contributed by atoms with Crippen LogP contribution in [-0.4, -0.2) is 4.98 Å². The van der Waals surface area contributed by atoms with E-state index in [0.29, 0.717) is 15.9 Å². The highest BCUT2D eigenvalue weighted by atomic mass is 31.2. The van der Waals surface area contributed by atoms with E-state index in [0.717, 1.165) is 10.9 Å². The lowest BCUT2D eigenvalue weighted by Gasteiger charge is -2.19. The highest BCUT2D eigenvalue weighted by Crippen LogP contribution is 2.41. The highest BCUT2D eigenvalue weighted by Gasteiger charge is 2.32. The van der Waals surface area contributed by atoms with E-state index in [9.17, 15) is 9.36 Å². The zero-order valence-electron chi connectivity index (χ0n) is 13.4. The van der Waals surface area contributed by atoms with Crippen LogP contribution < -0.4 is 21.5 Å². The Morgan fingerprint density at radius 2 is 1.20 bits per heavy atom. The molecular formula is C21H16NO2P. The van der Waals surface area contributed by atoms with Gasteiger partial charge in [-0.15, -0.1) is 0 Å².